The number of non-ortho nitro benzene ring substituents is 1. The van der Waals surface area contributed by atoms with E-state index in [9.17, 15) is 14.9 Å². The van der Waals surface area contributed by atoms with E-state index in [0.717, 1.165) is 0 Å². The third-order valence-corrected chi connectivity index (χ3v) is 4.19. The average Bonchev–Trinajstić information content (AvgIpc) is 2.62. The first kappa shape index (κ1) is 17.3. The lowest BCUT2D eigenvalue weighted by molar-refractivity contribution is -0.384. The highest BCUT2D eigenvalue weighted by atomic mass is 79.9. The molecule has 1 saturated heterocycles. The van der Waals surface area contributed by atoms with Crippen molar-refractivity contribution >= 4 is 38.9 Å². The maximum Gasteiger partial charge on any atom is 0.271 e. The first-order chi connectivity index (χ1) is 12.0. The molecular formula is C16H15BrN4O4. The lowest BCUT2D eigenvalue weighted by Gasteiger charge is -2.30. The highest BCUT2D eigenvalue weighted by Crippen LogP contribution is 2.31. The van der Waals surface area contributed by atoms with Gasteiger partial charge in [-0.15, -0.1) is 0 Å². The van der Waals surface area contributed by atoms with Crippen molar-refractivity contribution in [3.63, 3.8) is 0 Å². The van der Waals surface area contributed by atoms with E-state index in [1.807, 2.05) is 4.90 Å². The Labute approximate surface area is 152 Å². The van der Waals surface area contributed by atoms with E-state index >= 15 is 0 Å². The summed E-state index contributed by atoms with van der Waals surface area (Å²) < 4.78 is 6.02. The van der Waals surface area contributed by atoms with Crippen LogP contribution in [0.5, 0.6) is 0 Å². The van der Waals surface area contributed by atoms with Crippen LogP contribution < -0.4 is 10.2 Å². The van der Waals surface area contributed by atoms with Gasteiger partial charge in [0.15, 0.2) is 0 Å². The summed E-state index contributed by atoms with van der Waals surface area (Å²) in [5.74, 6) is -0.336. The molecule has 2 heterocycles. The molecule has 9 heteroatoms. The number of ether oxygens (including phenoxy) is 1. The zero-order valence-electron chi connectivity index (χ0n) is 13.1. The molecule has 1 amide bonds. The molecule has 2 aromatic rings. The van der Waals surface area contributed by atoms with Crippen LogP contribution in [0.3, 0.4) is 0 Å². The van der Waals surface area contributed by atoms with Crippen LogP contribution >= 0.6 is 15.9 Å². The van der Waals surface area contributed by atoms with Crippen LogP contribution in [0.1, 0.15) is 10.4 Å². The van der Waals surface area contributed by atoms with Crippen LogP contribution in [0, 0.1) is 10.1 Å². The van der Waals surface area contributed by atoms with Gasteiger partial charge < -0.3 is 15.0 Å². The van der Waals surface area contributed by atoms with E-state index in [1.54, 1.807) is 18.3 Å². The van der Waals surface area contributed by atoms with Gasteiger partial charge in [0.2, 0.25) is 0 Å². The maximum absolute atomic E-state index is 12.5. The highest BCUT2D eigenvalue weighted by molar-refractivity contribution is 9.10. The number of nitrogens with zero attached hydrogens (tertiary/aromatic N) is 3. The quantitative estimate of drug-likeness (QED) is 0.619. The molecule has 1 aromatic heterocycles. The number of benzene rings is 1. The van der Waals surface area contributed by atoms with Gasteiger partial charge in [0.25, 0.3) is 11.6 Å². The number of carbonyl (C=O) groups excluding carboxylic acids is 1. The number of halogens is 1. The summed E-state index contributed by atoms with van der Waals surface area (Å²) in [6.07, 6.45) is 3.04. The normalized spacial score (nSPS) is 14.2. The van der Waals surface area contributed by atoms with E-state index in [1.165, 1.54) is 18.3 Å². The fraction of sp³-hybridized carbons (Fsp3) is 0.250. The summed E-state index contributed by atoms with van der Waals surface area (Å²) >= 11 is 3.28. The molecule has 130 valence electrons. The van der Waals surface area contributed by atoms with Crippen LogP contribution in [-0.2, 0) is 4.74 Å². The molecule has 1 fully saturated rings. The second kappa shape index (κ2) is 7.58. The lowest BCUT2D eigenvalue weighted by atomic mass is 10.2. The molecule has 1 aromatic carbocycles. The number of nitro groups is 1. The standard InChI is InChI=1S/C16H15BrN4O4/c17-12-7-11(9-18-10-12)16(22)19-14-2-1-13(21(23)24)8-15(14)20-3-5-25-6-4-20/h1-2,7-10H,3-6H2,(H,19,22). The summed E-state index contributed by atoms with van der Waals surface area (Å²) in [6.45, 7) is 2.27. The van der Waals surface area contributed by atoms with Crippen molar-refractivity contribution < 1.29 is 14.5 Å². The highest BCUT2D eigenvalue weighted by Gasteiger charge is 2.20. The number of amides is 1. The predicted molar refractivity (Wildman–Crippen MR) is 96.0 cm³/mol. The van der Waals surface area contributed by atoms with Crippen LogP contribution in [0.4, 0.5) is 17.1 Å². The van der Waals surface area contributed by atoms with Crippen LogP contribution in [0.25, 0.3) is 0 Å². The molecular weight excluding hydrogens is 392 g/mol. The molecule has 0 radical (unpaired) electrons. The van der Waals surface area contributed by atoms with Crippen molar-refractivity contribution in [2.45, 2.75) is 0 Å². The van der Waals surface area contributed by atoms with E-state index in [4.69, 9.17) is 4.74 Å². The first-order valence-electron chi connectivity index (χ1n) is 7.57. The molecule has 1 aliphatic rings. The van der Waals surface area contributed by atoms with Crippen LogP contribution in [0.2, 0.25) is 0 Å². The SMILES string of the molecule is O=C(Nc1ccc([N+](=O)[O-])cc1N1CCOCC1)c1cncc(Br)c1. The van der Waals surface area contributed by atoms with Crippen molar-refractivity contribution in [3.8, 4) is 0 Å². The molecule has 1 N–H and O–H groups in total. The summed E-state index contributed by atoms with van der Waals surface area (Å²) in [7, 11) is 0. The second-order valence-corrected chi connectivity index (χ2v) is 6.32. The van der Waals surface area contributed by atoms with Gasteiger partial charge in [0.05, 0.1) is 35.1 Å². The Balaban J connectivity index is 1.91. The number of aromatic nitrogens is 1. The molecule has 1 aliphatic heterocycles. The Kier molecular flexibility index (Phi) is 5.25. The van der Waals surface area contributed by atoms with Crippen LogP contribution in [-0.4, -0.2) is 42.1 Å². The molecule has 0 bridgehead atoms. The molecule has 3 rings (SSSR count). The Morgan fingerprint density at radius 2 is 2.04 bits per heavy atom. The van der Waals surface area contributed by atoms with Crippen molar-refractivity contribution in [1.82, 2.24) is 4.98 Å². The predicted octanol–water partition coefficient (Wildman–Crippen LogP) is 2.84. The molecule has 0 aliphatic carbocycles. The van der Waals surface area contributed by atoms with Gasteiger partial charge in [-0.2, -0.15) is 0 Å². The lowest BCUT2D eigenvalue weighted by Crippen LogP contribution is -2.36. The molecule has 25 heavy (non-hydrogen) atoms. The number of nitro benzene ring substituents is 1. The fourth-order valence-corrected chi connectivity index (χ4v) is 2.90. The van der Waals surface area contributed by atoms with E-state index in [2.05, 4.69) is 26.2 Å². The van der Waals surface area contributed by atoms with Gasteiger partial charge in [0, 0.05) is 42.1 Å². The van der Waals surface area contributed by atoms with Crippen molar-refractivity contribution in [2.75, 3.05) is 36.5 Å². The number of carbonyl (C=O) groups is 1. The summed E-state index contributed by atoms with van der Waals surface area (Å²) in [4.78, 5) is 29.0. The molecule has 0 saturated carbocycles. The van der Waals surface area contributed by atoms with Crippen molar-refractivity contribution in [2.24, 2.45) is 0 Å². The minimum atomic E-state index is -0.451. The smallest absolute Gasteiger partial charge is 0.271 e. The number of rotatable bonds is 4. The van der Waals surface area contributed by atoms with Crippen LogP contribution in [0.15, 0.2) is 41.1 Å². The number of morpholine rings is 1. The minimum absolute atomic E-state index is 0.0244. The monoisotopic (exact) mass is 406 g/mol. The van der Waals surface area contributed by atoms with Gasteiger partial charge >= 0.3 is 0 Å². The summed E-state index contributed by atoms with van der Waals surface area (Å²) in [6, 6.07) is 6.05. The van der Waals surface area contributed by atoms with Gasteiger partial charge in [-0.25, -0.2) is 0 Å². The molecule has 0 atom stereocenters. The zero-order valence-corrected chi connectivity index (χ0v) is 14.7. The summed E-state index contributed by atoms with van der Waals surface area (Å²) in [5.41, 5.74) is 1.48. The number of nitrogens with one attached hydrogen (secondary N) is 1. The fourth-order valence-electron chi connectivity index (χ4n) is 2.54. The number of hydrogen-bond donors (Lipinski definition) is 1. The third-order valence-electron chi connectivity index (χ3n) is 3.76. The summed E-state index contributed by atoms with van der Waals surface area (Å²) in [5, 5.41) is 13.9. The number of anilines is 2. The Morgan fingerprint density at radius 3 is 2.72 bits per heavy atom. The van der Waals surface area contributed by atoms with Gasteiger partial charge in [0.1, 0.15) is 0 Å². The minimum Gasteiger partial charge on any atom is -0.378 e. The largest absolute Gasteiger partial charge is 0.378 e. The van der Waals surface area contributed by atoms with E-state index in [-0.39, 0.29) is 11.6 Å². The third kappa shape index (κ3) is 4.12. The van der Waals surface area contributed by atoms with Gasteiger partial charge in [-0.1, -0.05) is 0 Å². The molecule has 0 unspecified atom stereocenters. The maximum atomic E-state index is 12.5. The average molecular weight is 407 g/mol. The van der Waals surface area contributed by atoms with Gasteiger partial charge in [-0.05, 0) is 28.1 Å². The van der Waals surface area contributed by atoms with Crippen molar-refractivity contribution in [3.05, 3.63) is 56.8 Å². The van der Waals surface area contributed by atoms with Crippen molar-refractivity contribution in [1.29, 1.82) is 0 Å². The van der Waals surface area contributed by atoms with E-state index < -0.39 is 4.92 Å². The Bertz CT molecular complexity index is 808. The zero-order chi connectivity index (χ0) is 17.8. The first-order valence-corrected chi connectivity index (χ1v) is 8.37. The number of pyridine rings is 1. The van der Waals surface area contributed by atoms with E-state index in [0.29, 0.717) is 47.7 Å². The van der Waals surface area contributed by atoms with Gasteiger partial charge in [-0.3, -0.25) is 19.9 Å². The Hall–Kier alpha value is -2.52. The Morgan fingerprint density at radius 1 is 1.28 bits per heavy atom. The molecule has 8 nitrogen and oxygen atoms in total. The topological polar surface area (TPSA) is 97.6 Å². The second-order valence-electron chi connectivity index (χ2n) is 5.40. The number of hydrogen-bond acceptors (Lipinski definition) is 6. The molecule has 0 spiro atoms.